The monoisotopic (exact) mass is 289 g/mol. The number of benzene rings is 1. The molecule has 102 valence electrons. The number of methoxy groups -OCH3 is 1. The molecule has 0 bridgehead atoms. The summed E-state index contributed by atoms with van der Waals surface area (Å²) < 4.78 is 43.7. The lowest BCUT2D eigenvalue weighted by molar-refractivity contribution is -0.141. The SMILES string of the molecule is COCc1cccc2c(Cl)c(C)c(C(F)(F)F)nc12. The van der Waals surface area contributed by atoms with E-state index in [1.54, 1.807) is 18.2 Å². The van der Waals surface area contributed by atoms with Gasteiger partial charge in [-0.25, -0.2) is 4.98 Å². The molecule has 0 unspecified atom stereocenters. The van der Waals surface area contributed by atoms with Crippen molar-refractivity contribution in [1.29, 1.82) is 0 Å². The summed E-state index contributed by atoms with van der Waals surface area (Å²) in [6, 6.07) is 5.04. The Balaban J connectivity index is 2.82. The van der Waals surface area contributed by atoms with Crippen LogP contribution in [0.4, 0.5) is 13.2 Å². The van der Waals surface area contributed by atoms with Gasteiger partial charge in [-0.2, -0.15) is 13.2 Å². The van der Waals surface area contributed by atoms with Crippen LogP contribution in [-0.2, 0) is 17.5 Å². The third kappa shape index (κ3) is 2.53. The minimum atomic E-state index is -4.53. The number of rotatable bonds is 2. The Labute approximate surface area is 113 Å². The third-order valence-electron chi connectivity index (χ3n) is 2.83. The molecule has 2 nitrogen and oxygen atoms in total. The maximum atomic E-state index is 12.9. The molecule has 6 heteroatoms. The Hall–Kier alpha value is -1.33. The number of hydrogen-bond donors (Lipinski definition) is 0. The average Bonchev–Trinajstić information content (AvgIpc) is 2.33. The average molecular weight is 290 g/mol. The predicted octanol–water partition coefficient (Wildman–Crippen LogP) is 4.36. The van der Waals surface area contributed by atoms with Crippen LogP contribution in [0.5, 0.6) is 0 Å². The molecular formula is C13H11ClF3NO. The van der Waals surface area contributed by atoms with Gasteiger partial charge in [-0.1, -0.05) is 29.8 Å². The van der Waals surface area contributed by atoms with Crippen molar-refractivity contribution in [2.24, 2.45) is 0 Å². The van der Waals surface area contributed by atoms with E-state index in [2.05, 4.69) is 4.98 Å². The first kappa shape index (κ1) is 14.1. The van der Waals surface area contributed by atoms with Gasteiger partial charge in [0.1, 0.15) is 5.69 Å². The lowest BCUT2D eigenvalue weighted by Crippen LogP contribution is -2.11. The van der Waals surface area contributed by atoms with E-state index in [0.29, 0.717) is 10.9 Å². The van der Waals surface area contributed by atoms with Crippen LogP contribution in [0.1, 0.15) is 16.8 Å². The molecule has 0 saturated carbocycles. The van der Waals surface area contributed by atoms with Gasteiger partial charge in [0.25, 0.3) is 0 Å². The van der Waals surface area contributed by atoms with Crippen molar-refractivity contribution in [3.8, 4) is 0 Å². The molecule has 0 saturated heterocycles. The van der Waals surface area contributed by atoms with Gasteiger partial charge in [-0.05, 0) is 12.5 Å². The van der Waals surface area contributed by atoms with Gasteiger partial charge in [0.15, 0.2) is 0 Å². The highest BCUT2D eigenvalue weighted by Crippen LogP contribution is 2.37. The molecule has 1 aromatic heterocycles. The summed E-state index contributed by atoms with van der Waals surface area (Å²) in [4.78, 5) is 3.74. The zero-order valence-electron chi connectivity index (χ0n) is 10.3. The molecule has 0 amide bonds. The Bertz CT molecular complexity index is 625. The summed E-state index contributed by atoms with van der Waals surface area (Å²) in [7, 11) is 1.47. The van der Waals surface area contributed by atoms with Crippen molar-refractivity contribution in [1.82, 2.24) is 4.98 Å². The van der Waals surface area contributed by atoms with Crippen molar-refractivity contribution < 1.29 is 17.9 Å². The Morgan fingerprint density at radius 2 is 2.00 bits per heavy atom. The molecule has 0 atom stereocenters. The molecule has 2 aromatic rings. The molecule has 2 rings (SSSR count). The number of alkyl halides is 3. The van der Waals surface area contributed by atoms with Gasteiger partial charge in [-0.15, -0.1) is 0 Å². The fraction of sp³-hybridized carbons (Fsp3) is 0.308. The van der Waals surface area contributed by atoms with E-state index in [1.807, 2.05) is 0 Å². The van der Waals surface area contributed by atoms with Gasteiger partial charge in [-0.3, -0.25) is 0 Å². The number of pyridine rings is 1. The summed E-state index contributed by atoms with van der Waals surface area (Å²) in [5, 5.41) is 0.581. The number of hydrogen-bond acceptors (Lipinski definition) is 2. The summed E-state index contributed by atoms with van der Waals surface area (Å²) >= 11 is 6.03. The number of ether oxygens (including phenoxy) is 1. The molecule has 0 fully saturated rings. The highest BCUT2D eigenvalue weighted by Gasteiger charge is 2.36. The maximum absolute atomic E-state index is 12.9. The van der Waals surface area contributed by atoms with Crippen molar-refractivity contribution >= 4 is 22.5 Å². The summed E-state index contributed by atoms with van der Waals surface area (Å²) in [5.41, 5.74) is -0.204. The Morgan fingerprint density at radius 1 is 1.32 bits per heavy atom. The van der Waals surface area contributed by atoms with E-state index in [0.717, 1.165) is 0 Å². The van der Waals surface area contributed by atoms with Crippen LogP contribution in [0.25, 0.3) is 10.9 Å². The lowest BCUT2D eigenvalue weighted by Gasteiger charge is -2.14. The van der Waals surface area contributed by atoms with Crippen LogP contribution in [0.15, 0.2) is 18.2 Å². The number of halogens is 4. The lowest BCUT2D eigenvalue weighted by atomic mass is 10.1. The van der Waals surface area contributed by atoms with Crippen molar-refractivity contribution in [2.45, 2.75) is 19.7 Å². The van der Waals surface area contributed by atoms with Gasteiger partial charge < -0.3 is 4.74 Å². The molecule has 19 heavy (non-hydrogen) atoms. The first-order valence-corrected chi connectivity index (χ1v) is 5.88. The fourth-order valence-corrected chi connectivity index (χ4v) is 2.19. The highest BCUT2D eigenvalue weighted by atomic mass is 35.5. The number of nitrogens with zero attached hydrogens (tertiary/aromatic N) is 1. The summed E-state index contributed by atoms with van der Waals surface area (Å²) in [6.45, 7) is 1.50. The zero-order valence-corrected chi connectivity index (χ0v) is 11.1. The van der Waals surface area contributed by atoms with E-state index in [-0.39, 0.29) is 22.7 Å². The van der Waals surface area contributed by atoms with Crippen molar-refractivity contribution in [2.75, 3.05) is 7.11 Å². The normalized spacial score (nSPS) is 12.1. The molecule has 0 spiro atoms. The van der Waals surface area contributed by atoms with Crippen LogP contribution in [-0.4, -0.2) is 12.1 Å². The second kappa shape index (κ2) is 4.98. The number of para-hydroxylation sites is 1. The van der Waals surface area contributed by atoms with Crippen LogP contribution in [0, 0.1) is 6.92 Å². The molecule has 0 N–H and O–H groups in total. The van der Waals surface area contributed by atoms with Crippen molar-refractivity contribution in [3.05, 3.63) is 40.0 Å². The predicted molar refractivity (Wildman–Crippen MR) is 67.2 cm³/mol. The smallest absolute Gasteiger partial charge is 0.380 e. The van der Waals surface area contributed by atoms with Crippen LogP contribution < -0.4 is 0 Å². The molecule has 0 aliphatic carbocycles. The van der Waals surface area contributed by atoms with Gasteiger partial charge >= 0.3 is 6.18 Å². The largest absolute Gasteiger partial charge is 0.433 e. The number of aromatic nitrogens is 1. The topological polar surface area (TPSA) is 22.1 Å². The van der Waals surface area contributed by atoms with E-state index >= 15 is 0 Å². The Morgan fingerprint density at radius 3 is 2.58 bits per heavy atom. The van der Waals surface area contributed by atoms with Crippen LogP contribution in [0.3, 0.4) is 0 Å². The third-order valence-corrected chi connectivity index (χ3v) is 3.32. The Kier molecular flexibility index (Phi) is 3.69. The minimum absolute atomic E-state index is 0.0590. The van der Waals surface area contributed by atoms with Gasteiger partial charge in [0.2, 0.25) is 0 Å². The minimum Gasteiger partial charge on any atom is -0.380 e. The summed E-state index contributed by atoms with van der Waals surface area (Å²) in [6.07, 6.45) is -4.53. The van der Waals surface area contributed by atoms with Crippen LogP contribution in [0.2, 0.25) is 5.02 Å². The zero-order chi connectivity index (χ0) is 14.2. The standard InChI is InChI=1S/C13H11ClF3NO/c1-7-10(14)9-5-3-4-8(6-19-2)11(9)18-12(7)13(15,16)17/h3-5H,6H2,1-2H3. The van der Waals surface area contributed by atoms with E-state index in [9.17, 15) is 13.2 Å². The molecule has 1 heterocycles. The molecule has 1 aromatic carbocycles. The summed E-state index contributed by atoms with van der Waals surface area (Å²) in [5.74, 6) is 0. The van der Waals surface area contributed by atoms with Crippen molar-refractivity contribution in [3.63, 3.8) is 0 Å². The first-order valence-electron chi connectivity index (χ1n) is 5.50. The second-order valence-electron chi connectivity index (χ2n) is 4.14. The van der Waals surface area contributed by atoms with E-state index in [4.69, 9.17) is 16.3 Å². The van der Waals surface area contributed by atoms with Crippen LogP contribution >= 0.6 is 11.6 Å². The van der Waals surface area contributed by atoms with E-state index in [1.165, 1.54) is 14.0 Å². The quantitative estimate of drug-likeness (QED) is 0.819. The van der Waals surface area contributed by atoms with Gasteiger partial charge in [0, 0.05) is 18.1 Å². The maximum Gasteiger partial charge on any atom is 0.433 e. The molecular weight excluding hydrogens is 279 g/mol. The highest BCUT2D eigenvalue weighted by molar-refractivity contribution is 6.36. The molecule has 0 radical (unpaired) electrons. The molecule has 0 aliphatic heterocycles. The van der Waals surface area contributed by atoms with E-state index < -0.39 is 11.9 Å². The first-order chi connectivity index (χ1) is 8.86. The molecule has 0 aliphatic rings. The second-order valence-corrected chi connectivity index (χ2v) is 4.52. The fourth-order valence-electron chi connectivity index (χ4n) is 1.95. The van der Waals surface area contributed by atoms with Gasteiger partial charge in [0.05, 0.1) is 17.1 Å². The number of fused-ring (bicyclic) bond motifs is 1.